The molecule has 3 N–H and O–H groups in total. The summed E-state index contributed by atoms with van der Waals surface area (Å²) in [5.74, 6) is 0.453. The second-order valence-corrected chi connectivity index (χ2v) is 11.5. The van der Waals surface area contributed by atoms with Gasteiger partial charge in [-0.3, -0.25) is 19.7 Å². The summed E-state index contributed by atoms with van der Waals surface area (Å²) in [6.45, 7) is 4.33. The number of nitrogens with one attached hydrogen (secondary N) is 3. The molecular weight excluding hydrogens is 591 g/mol. The summed E-state index contributed by atoms with van der Waals surface area (Å²) in [5, 5.41) is 9.47. The summed E-state index contributed by atoms with van der Waals surface area (Å²) in [5.41, 5.74) is 1.61. The summed E-state index contributed by atoms with van der Waals surface area (Å²) in [7, 11) is 0. The van der Waals surface area contributed by atoms with Gasteiger partial charge < -0.3 is 15.4 Å². The number of thioether (sulfide) groups is 2. The Morgan fingerprint density at radius 3 is 2.50 bits per heavy atom. The lowest BCUT2D eigenvalue weighted by Gasteiger charge is -2.13. The van der Waals surface area contributed by atoms with Crippen molar-refractivity contribution < 1.29 is 19.1 Å². The van der Waals surface area contributed by atoms with Crippen LogP contribution in [0.1, 0.15) is 29.8 Å². The van der Waals surface area contributed by atoms with Gasteiger partial charge in [0.1, 0.15) is 11.4 Å². The van der Waals surface area contributed by atoms with Crippen molar-refractivity contribution in [3.63, 3.8) is 0 Å². The van der Waals surface area contributed by atoms with E-state index >= 15 is 0 Å². The topological polar surface area (TPSA) is 122 Å². The van der Waals surface area contributed by atoms with Crippen LogP contribution in [-0.4, -0.2) is 45.2 Å². The molecule has 3 aromatic carbocycles. The minimum Gasteiger partial charge on any atom is -0.493 e. The Balaban J connectivity index is 1.46. The van der Waals surface area contributed by atoms with E-state index in [1.54, 1.807) is 60.7 Å². The molecule has 0 aliphatic heterocycles. The van der Waals surface area contributed by atoms with E-state index < -0.39 is 11.8 Å². The lowest BCUT2D eigenvalue weighted by Crippen LogP contribution is -2.30. The molecule has 1 heterocycles. The summed E-state index contributed by atoms with van der Waals surface area (Å²) >= 11 is 3.97. The molecule has 0 saturated heterocycles. The van der Waals surface area contributed by atoms with Crippen molar-refractivity contribution >= 4 is 69.7 Å². The molecule has 0 bridgehead atoms. The number of benzene rings is 3. The lowest BCUT2D eigenvalue weighted by atomic mass is 10.1. The number of amides is 3. The highest BCUT2D eigenvalue weighted by Crippen LogP contribution is 2.25. The van der Waals surface area contributed by atoms with Crippen LogP contribution in [0.5, 0.6) is 5.75 Å². The molecule has 9 nitrogen and oxygen atoms in total. The third-order valence-electron chi connectivity index (χ3n) is 5.44. The van der Waals surface area contributed by atoms with Gasteiger partial charge in [0.2, 0.25) is 16.2 Å². The molecule has 0 aliphatic carbocycles. The molecule has 4 aromatic rings. The monoisotopic (exact) mass is 619 g/mol. The first-order chi connectivity index (χ1) is 20.4. The van der Waals surface area contributed by atoms with Gasteiger partial charge in [0, 0.05) is 33.2 Å². The second-order valence-electron chi connectivity index (χ2n) is 8.48. The van der Waals surface area contributed by atoms with Crippen molar-refractivity contribution in [3.05, 3.63) is 95.7 Å². The maximum absolute atomic E-state index is 13.5. The summed E-state index contributed by atoms with van der Waals surface area (Å²) < 4.78 is 9.90. The fraction of sp³-hybridized carbons (Fsp3) is 0.167. The fourth-order valence-electron chi connectivity index (χ4n) is 3.60. The molecule has 12 heteroatoms. The van der Waals surface area contributed by atoms with Crippen molar-refractivity contribution in [2.75, 3.05) is 28.7 Å². The van der Waals surface area contributed by atoms with Crippen molar-refractivity contribution in [2.24, 2.45) is 0 Å². The van der Waals surface area contributed by atoms with E-state index in [9.17, 15) is 14.4 Å². The van der Waals surface area contributed by atoms with Gasteiger partial charge in [0.25, 0.3) is 11.8 Å². The normalized spacial score (nSPS) is 11.0. The molecule has 42 heavy (non-hydrogen) atoms. The minimum atomic E-state index is -0.512. The Labute approximate surface area is 256 Å². The fourth-order valence-corrected chi connectivity index (χ4v) is 5.64. The Morgan fingerprint density at radius 2 is 1.71 bits per heavy atom. The molecule has 1 aromatic heterocycles. The van der Waals surface area contributed by atoms with Crippen molar-refractivity contribution in [3.8, 4) is 5.75 Å². The number of hydrogen-bond acceptors (Lipinski definition) is 9. The predicted molar refractivity (Wildman–Crippen MR) is 170 cm³/mol. The van der Waals surface area contributed by atoms with E-state index in [-0.39, 0.29) is 17.4 Å². The van der Waals surface area contributed by atoms with Crippen LogP contribution in [0.2, 0.25) is 0 Å². The summed E-state index contributed by atoms with van der Waals surface area (Å²) in [6.07, 6.45) is 1.59. The van der Waals surface area contributed by atoms with Crippen molar-refractivity contribution in [2.45, 2.75) is 23.9 Å². The maximum Gasteiger partial charge on any atom is 0.272 e. The highest BCUT2D eigenvalue weighted by Gasteiger charge is 2.17. The Bertz CT molecular complexity index is 1560. The lowest BCUT2D eigenvalue weighted by molar-refractivity contribution is -0.114. The maximum atomic E-state index is 13.5. The molecule has 0 radical (unpaired) electrons. The highest BCUT2D eigenvalue weighted by molar-refractivity contribution is 8.00. The average molecular weight is 620 g/mol. The zero-order valence-corrected chi connectivity index (χ0v) is 25.4. The molecule has 4 rings (SSSR count). The molecule has 0 aliphatic rings. The van der Waals surface area contributed by atoms with E-state index in [1.165, 1.54) is 23.5 Å². The Hall–Kier alpha value is -4.13. The SMILES string of the molecule is CCOc1ccccc1/C=C(/NC(=O)c1ccccc1)C(=O)Nc1cccc(SCC(=O)Nc2nc(SCC)ns2)c1. The predicted octanol–water partition coefficient (Wildman–Crippen LogP) is 6.19. The van der Waals surface area contributed by atoms with Gasteiger partial charge in [-0.1, -0.05) is 61.2 Å². The molecular formula is C30H29N5O4S3. The number of carbonyl (C=O) groups is 3. The smallest absolute Gasteiger partial charge is 0.272 e. The number of para-hydroxylation sites is 1. The van der Waals surface area contributed by atoms with E-state index in [0.717, 1.165) is 22.2 Å². The number of nitrogens with zero attached hydrogens (tertiary/aromatic N) is 2. The molecule has 0 atom stereocenters. The summed E-state index contributed by atoms with van der Waals surface area (Å²) in [6, 6.07) is 23.1. The van der Waals surface area contributed by atoms with Gasteiger partial charge in [-0.05, 0) is 55.2 Å². The molecule has 0 saturated carbocycles. The average Bonchev–Trinajstić information content (AvgIpc) is 3.44. The molecule has 0 unspecified atom stereocenters. The van der Waals surface area contributed by atoms with Gasteiger partial charge in [0.15, 0.2) is 0 Å². The molecule has 3 amide bonds. The van der Waals surface area contributed by atoms with Gasteiger partial charge in [-0.25, -0.2) is 0 Å². The number of anilines is 2. The minimum absolute atomic E-state index is 0.0473. The number of hydrogen-bond donors (Lipinski definition) is 3. The van der Waals surface area contributed by atoms with E-state index in [4.69, 9.17) is 4.74 Å². The third kappa shape index (κ3) is 9.20. The largest absolute Gasteiger partial charge is 0.493 e. The standard InChI is InChI=1S/C30H29N5O4S3/c1-3-39-25-16-9-8-13-21(25)17-24(32-27(37)20-11-6-5-7-12-20)28(38)31-22-14-10-15-23(18-22)41-19-26(36)33-29-34-30(35-42-29)40-4-2/h5-18H,3-4,19H2,1-2H3,(H,31,38)(H,32,37)(H,33,34,35,36)/b24-17+. The van der Waals surface area contributed by atoms with Crippen LogP contribution in [0.25, 0.3) is 6.08 Å². The van der Waals surface area contributed by atoms with E-state index in [0.29, 0.717) is 39.5 Å². The van der Waals surface area contributed by atoms with Crippen LogP contribution in [-0.2, 0) is 9.59 Å². The van der Waals surface area contributed by atoms with Crippen molar-refractivity contribution in [1.82, 2.24) is 14.7 Å². The molecule has 0 spiro atoms. The van der Waals surface area contributed by atoms with Gasteiger partial charge in [-0.15, -0.1) is 11.8 Å². The van der Waals surface area contributed by atoms with E-state index in [1.807, 2.05) is 38.1 Å². The molecule has 0 fully saturated rings. The first-order valence-electron chi connectivity index (χ1n) is 13.1. The first-order valence-corrected chi connectivity index (χ1v) is 15.8. The number of aromatic nitrogens is 2. The number of carbonyl (C=O) groups excluding carboxylic acids is 3. The second kappa shape index (κ2) is 15.8. The molecule has 216 valence electrons. The third-order valence-corrected chi connectivity index (χ3v) is 7.91. The zero-order chi connectivity index (χ0) is 29.7. The van der Waals surface area contributed by atoms with Crippen LogP contribution >= 0.6 is 35.1 Å². The van der Waals surface area contributed by atoms with Gasteiger partial charge in [-0.2, -0.15) is 9.36 Å². The van der Waals surface area contributed by atoms with Crippen LogP contribution in [0.3, 0.4) is 0 Å². The van der Waals surface area contributed by atoms with Crippen LogP contribution in [0, 0.1) is 0 Å². The zero-order valence-electron chi connectivity index (χ0n) is 23.0. The van der Waals surface area contributed by atoms with Crippen LogP contribution in [0.4, 0.5) is 10.8 Å². The number of rotatable bonds is 13. The Morgan fingerprint density at radius 1 is 0.929 bits per heavy atom. The van der Waals surface area contributed by atoms with Crippen LogP contribution < -0.4 is 20.7 Å². The first kappa shape index (κ1) is 30.8. The van der Waals surface area contributed by atoms with Gasteiger partial charge in [0.05, 0.1) is 12.4 Å². The number of ether oxygens (including phenoxy) is 1. The van der Waals surface area contributed by atoms with Crippen LogP contribution in [0.15, 0.2) is 94.6 Å². The Kier molecular flexibility index (Phi) is 11.6. The quantitative estimate of drug-likeness (QED) is 0.120. The van der Waals surface area contributed by atoms with E-state index in [2.05, 4.69) is 25.3 Å². The van der Waals surface area contributed by atoms with Crippen molar-refractivity contribution in [1.29, 1.82) is 0 Å². The summed E-state index contributed by atoms with van der Waals surface area (Å²) in [4.78, 5) is 43.9. The van der Waals surface area contributed by atoms with Gasteiger partial charge >= 0.3 is 0 Å². The highest BCUT2D eigenvalue weighted by atomic mass is 32.2.